The van der Waals surface area contributed by atoms with Crippen LogP contribution in [-0.2, 0) is 11.2 Å². The third-order valence-corrected chi connectivity index (χ3v) is 6.49. The van der Waals surface area contributed by atoms with Gasteiger partial charge in [0.05, 0.1) is 32.1 Å². The van der Waals surface area contributed by atoms with E-state index in [0.717, 1.165) is 76.3 Å². The van der Waals surface area contributed by atoms with Crippen LogP contribution in [0.1, 0.15) is 30.2 Å². The molecule has 166 valence electrons. The standard InChI is InChI=1S/C24H32N4O3/c1-2-6-23-21(5-1)22(9-15-31-23)26-24(25-10-7-20-4-3-14-30-20)28-11-8-19(18-28)27-12-16-29-17-13-27/h1-6,14,19,22H,7-13,15-18H2,(H,25,26). The Morgan fingerprint density at radius 3 is 2.81 bits per heavy atom. The Balaban J connectivity index is 1.30. The van der Waals surface area contributed by atoms with Gasteiger partial charge >= 0.3 is 0 Å². The highest BCUT2D eigenvalue weighted by atomic mass is 16.5. The van der Waals surface area contributed by atoms with Crippen LogP contribution in [-0.4, -0.2) is 74.3 Å². The van der Waals surface area contributed by atoms with Crippen molar-refractivity contribution < 1.29 is 13.9 Å². The molecule has 0 bridgehead atoms. The van der Waals surface area contributed by atoms with E-state index in [9.17, 15) is 0 Å². The normalized spacial score (nSPS) is 24.6. The summed E-state index contributed by atoms with van der Waals surface area (Å²) in [7, 11) is 0. The number of guanidine groups is 1. The van der Waals surface area contributed by atoms with Gasteiger partial charge in [0.25, 0.3) is 0 Å². The Bertz CT molecular complexity index is 863. The first kappa shape index (κ1) is 20.4. The number of benzene rings is 1. The molecule has 2 saturated heterocycles. The van der Waals surface area contributed by atoms with E-state index in [0.29, 0.717) is 12.6 Å². The lowest BCUT2D eigenvalue weighted by Crippen LogP contribution is -2.47. The van der Waals surface area contributed by atoms with Crippen LogP contribution < -0.4 is 10.1 Å². The fraction of sp³-hybridized carbons (Fsp3) is 0.542. The summed E-state index contributed by atoms with van der Waals surface area (Å²) in [6.45, 7) is 7.23. The Hall–Kier alpha value is -2.51. The molecule has 5 rings (SSSR count). The van der Waals surface area contributed by atoms with Crippen molar-refractivity contribution in [1.82, 2.24) is 15.1 Å². The Morgan fingerprint density at radius 1 is 1.03 bits per heavy atom. The van der Waals surface area contributed by atoms with Gasteiger partial charge in [-0.05, 0) is 24.6 Å². The molecule has 3 aliphatic heterocycles. The van der Waals surface area contributed by atoms with Gasteiger partial charge < -0.3 is 24.1 Å². The molecule has 7 heteroatoms. The Labute approximate surface area is 184 Å². The van der Waals surface area contributed by atoms with Crippen molar-refractivity contribution in [3.05, 3.63) is 54.0 Å². The molecule has 0 spiro atoms. The lowest BCUT2D eigenvalue weighted by atomic mass is 10.0. The second-order valence-electron chi connectivity index (χ2n) is 8.44. The van der Waals surface area contributed by atoms with Gasteiger partial charge in [-0.25, -0.2) is 0 Å². The van der Waals surface area contributed by atoms with E-state index in [1.807, 2.05) is 18.2 Å². The average molecular weight is 425 g/mol. The molecule has 31 heavy (non-hydrogen) atoms. The van der Waals surface area contributed by atoms with E-state index in [4.69, 9.17) is 18.9 Å². The molecule has 0 amide bonds. The number of nitrogens with zero attached hydrogens (tertiary/aromatic N) is 3. The Morgan fingerprint density at radius 2 is 1.94 bits per heavy atom. The number of nitrogens with one attached hydrogen (secondary N) is 1. The highest BCUT2D eigenvalue weighted by molar-refractivity contribution is 5.81. The molecule has 0 aliphatic carbocycles. The van der Waals surface area contributed by atoms with Gasteiger partial charge in [-0.2, -0.15) is 0 Å². The number of furan rings is 1. The van der Waals surface area contributed by atoms with Gasteiger partial charge in [-0.3, -0.25) is 9.89 Å². The predicted octanol–water partition coefficient (Wildman–Crippen LogP) is 2.70. The maximum Gasteiger partial charge on any atom is 0.194 e. The molecule has 4 heterocycles. The molecular formula is C24H32N4O3. The molecule has 0 saturated carbocycles. The SMILES string of the molecule is c1coc(CCN=C(NC2CCOc3ccccc32)N2CCC(N3CCOCC3)C2)c1. The zero-order valence-electron chi connectivity index (χ0n) is 18.0. The van der Waals surface area contributed by atoms with E-state index in [1.165, 1.54) is 12.0 Å². The number of para-hydroxylation sites is 1. The van der Waals surface area contributed by atoms with Crippen molar-refractivity contribution >= 4 is 5.96 Å². The summed E-state index contributed by atoms with van der Waals surface area (Å²) < 4.78 is 16.9. The summed E-state index contributed by atoms with van der Waals surface area (Å²) in [6.07, 6.45) is 4.64. The van der Waals surface area contributed by atoms with Crippen LogP contribution in [0.15, 0.2) is 52.1 Å². The van der Waals surface area contributed by atoms with E-state index in [-0.39, 0.29) is 6.04 Å². The van der Waals surface area contributed by atoms with Crippen LogP contribution >= 0.6 is 0 Å². The van der Waals surface area contributed by atoms with Crippen LogP contribution in [0.3, 0.4) is 0 Å². The minimum absolute atomic E-state index is 0.217. The summed E-state index contributed by atoms with van der Waals surface area (Å²) >= 11 is 0. The molecule has 2 fully saturated rings. The maximum atomic E-state index is 5.86. The van der Waals surface area contributed by atoms with E-state index in [1.54, 1.807) is 6.26 Å². The zero-order chi connectivity index (χ0) is 20.9. The highest BCUT2D eigenvalue weighted by Crippen LogP contribution is 2.32. The van der Waals surface area contributed by atoms with Crippen LogP contribution in [0.4, 0.5) is 0 Å². The number of hydrogen-bond acceptors (Lipinski definition) is 5. The molecule has 0 radical (unpaired) electrons. The van der Waals surface area contributed by atoms with Gasteiger partial charge in [-0.1, -0.05) is 18.2 Å². The molecule has 2 aromatic rings. The lowest BCUT2D eigenvalue weighted by Gasteiger charge is -2.33. The molecule has 1 N–H and O–H groups in total. The minimum atomic E-state index is 0.217. The summed E-state index contributed by atoms with van der Waals surface area (Å²) in [6, 6.07) is 13.1. The van der Waals surface area contributed by atoms with Crippen molar-refractivity contribution in [3.63, 3.8) is 0 Å². The minimum Gasteiger partial charge on any atom is -0.493 e. The van der Waals surface area contributed by atoms with Crippen molar-refractivity contribution in [2.24, 2.45) is 4.99 Å². The summed E-state index contributed by atoms with van der Waals surface area (Å²) in [5.41, 5.74) is 1.22. The largest absolute Gasteiger partial charge is 0.493 e. The molecule has 7 nitrogen and oxygen atoms in total. The van der Waals surface area contributed by atoms with Crippen LogP contribution in [0.2, 0.25) is 0 Å². The van der Waals surface area contributed by atoms with E-state index < -0.39 is 0 Å². The first-order chi connectivity index (χ1) is 15.4. The highest BCUT2D eigenvalue weighted by Gasteiger charge is 2.32. The number of rotatable bonds is 5. The topological polar surface area (TPSA) is 62.5 Å². The quantitative estimate of drug-likeness (QED) is 0.588. The zero-order valence-corrected chi connectivity index (χ0v) is 18.0. The number of fused-ring (bicyclic) bond motifs is 1. The second kappa shape index (κ2) is 9.75. The van der Waals surface area contributed by atoms with Crippen molar-refractivity contribution in [3.8, 4) is 5.75 Å². The van der Waals surface area contributed by atoms with Crippen LogP contribution in [0.25, 0.3) is 0 Å². The number of hydrogen-bond donors (Lipinski definition) is 1. The third kappa shape index (κ3) is 4.88. The van der Waals surface area contributed by atoms with E-state index in [2.05, 4.69) is 33.3 Å². The third-order valence-electron chi connectivity index (χ3n) is 6.49. The lowest BCUT2D eigenvalue weighted by molar-refractivity contribution is 0.0194. The first-order valence-electron chi connectivity index (χ1n) is 11.5. The van der Waals surface area contributed by atoms with Gasteiger partial charge in [0.1, 0.15) is 11.5 Å². The fourth-order valence-electron chi connectivity index (χ4n) is 4.79. The molecular weight excluding hydrogens is 392 g/mol. The van der Waals surface area contributed by atoms with Gasteiger partial charge in [0.2, 0.25) is 0 Å². The molecule has 1 aromatic carbocycles. The second-order valence-corrected chi connectivity index (χ2v) is 8.44. The predicted molar refractivity (Wildman–Crippen MR) is 120 cm³/mol. The van der Waals surface area contributed by atoms with Gasteiger partial charge in [-0.15, -0.1) is 0 Å². The van der Waals surface area contributed by atoms with Crippen LogP contribution in [0.5, 0.6) is 5.75 Å². The molecule has 2 atom stereocenters. The fourth-order valence-corrected chi connectivity index (χ4v) is 4.79. The summed E-state index contributed by atoms with van der Waals surface area (Å²) in [5, 5.41) is 3.78. The number of ether oxygens (including phenoxy) is 2. The Kier molecular flexibility index (Phi) is 6.41. The number of likely N-dealkylation sites (tertiary alicyclic amines) is 1. The van der Waals surface area contributed by atoms with E-state index >= 15 is 0 Å². The summed E-state index contributed by atoms with van der Waals surface area (Å²) in [4.78, 5) is 10.0. The number of aliphatic imine (C=N–C) groups is 1. The molecule has 3 aliphatic rings. The van der Waals surface area contributed by atoms with Crippen LogP contribution in [0, 0.1) is 0 Å². The van der Waals surface area contributed by atoms with Crippen molar-refractivity contribution in [2.45, 2.75) is 31.3 Å². The smallest absolute Gasteiger partial charge is 0.194 e. The van der Waals surface area contributed by atoms with Crippen molar-refractivity contribution in [1.29, 1.82) is 0 Å². The summed E-state index contributed by atoms with van der Waals surface area (Å²) in [5.74, 6) is 2.96. The van der Waals surface area contributed by atoms with Gasteiger partial charge in [0.15, 0.2) is 5.96 Å². The average Bonchev–Trinajstić information content (AvgIpc) is 3.52. The van der Waals surface area contributed by atoms with Crippen molar-refractivity contribution in [2.75, 3.05) is 52.5 Å². The molecule has 2 unspecified atom stereocenters. The molecule has 1 aromatic heterocycles. The van der Waals surface area contributed by atoms with Gasteiger partial charge in [0, 0.05) is 57.2 Å². The maximum absolute atomic E-state index is 5.86. The number of morpholine rings is 1. The monoisotopic (exact) mass is 424 g/mol. The first-order valence-corrected chi connectivity index (χ1v) is 11.5.